The first kappa shape index (κ1) is 13.9. The number of pyridine rings is 1. The molecular formula is C15H19N5O. The van der Waals surface area contributed by atoms with Gasteiger partial charge in [-0.2, -0.15) is 0 Å². The summed E-state index contributed by atoms with van der Waals surface area (Å²) >= 11 is 0. The van der Waals surface area contributed by atoms with E-state index in [-0.39, 0.29) is 6.04 Å². The van der Waals surface area contributed by atoms with E-state index in [0.717, 1.165) is 30.4 Å². The number of ether oxygens (including phenoxy) is 1. The third kappa shape index (κ3) is 3.53. The van der Waals surface area contributed by atoms with Crippen molar-refractivity contribution in [3.05, 3.63) is 48.2 Å². The molecule has 3 rings (SSSR count). The van der Waals surface area contributed by atoms with Crippen LogP contribution in [0.3, 0.4) is 0 Å². The van der Waals surface area contributed by atoms with Gasteiger partial charge in [0.15, 0.2) is 0 Å². The molecule has 0 radical (unpaired) electrons. The molecule has 0 unspecified atom stereocenters. The van der Waals surface area contributed by atoms with Gasteiger partial charge >= 0.3 is 0 Å². The largest absolute Gasteiger partial charge is 0.378 e. The lowest BCUT2D eigenvalue weighted by Gasteiger charge is -2.31. The Morgan fingerprint density at radius 1 is 1.38 bits per heavy atom. The van der Waals surface area contributed by atoms with Gasteiger partial charge in [0.1, 0.15) is 11.6 Å². The summed E-state index contributed by atoms with van der Waals surface area (Å²) in [6, 6.07) is 5.96. The number of hydrogen-bond acceptors (Lipinski definition) is 6. The summed E-state index contributed by atoms with van der Waals surface area (Å²) in [5, 5.41) is 3.30. The molecule has 0 aromatic carbocycles. The lowest BCUT2D eigenvalue weighted by molar-refractivity contribution is 0.00187. The van der Waals surface area contributed by atoms with Gasteiger partial charge in [-0.1, -0.05) is 6.07 Å². The first-order chi connectivity index (χ1) is 10.3. The molecule has 21 heavy (non-hydrogen) atoms. The second-order valence-corrected chi connectivity index (χ2v) is 5.09. The van der Waals surface area contributed by atoms with Crippen molar-refractivity contribution in [1.82, 2.24) is 19.9 Å². The molecule has 1 aliphatic heterocycles. The van der Waals surface area contributed by atoms with Crippen LogP contribution in [0.4, 0.5) is 5.82 Å². The van der Waals surface area contributed by atoms with Gasteiger partial charge in [0.25, 0.3) is 0 Å². The van der Waals surface area contributed by atoms with E-state index in [1.54, 1.807) is 12.4 Å². The molecule has 2 aromatic rings. The van der Waals surface area contributed by atoms with Crippen LogP contribution in [0.2, 0.25) is 0 Å². The van der Waals surface area contributed by atoms with Crippen molar-refractivity contribution in [2.24, 2.45) is 0 Å². The summed E-state index contributed by atoms with van der Waals surface area (Å²) in [4.78, 5) is 15.3. The van der Waals surface area contributed by atoms with E-state index in [2.05, 4.69) is 32.2 Å². The topological polar surface area (TPSA) is 63.2 Å². The maximum Gasteiger partial charge on any atom is 0.150 e. The van der Waals surface area contributed by atoms with Crippen molar-refractivity contribution in [3.63, 3.8) is 0 Å². The van der Waals surface area contributed by atoms with Crippen LogP contribution < -0.4 is 5.32 Å². The third-order valence-corrected chi connectivity index (χ3v) is 3.56. The first-order valence-corrected chi connectivity index (χ1v) is 7.06. The lowest BCUT2D eigenvalue weighted by atomic mass is 10.2. The summed E-state index contributed by atoms with van der Waals surface area (Å²) < 4.78 is 5.53. The van der Waals surface area contributed by atoms with E-state index in [0.29, 0.717) is 13.2 Å². The molecule has 1 fully saturated rings. The van der Waals surface area contributed by atoms with E-state index in [1.165, 1.54) is 0 Å². The molecule has 0 amide bonds. The molecule has 110 valence electrons. The van der Waals surface area contributed by atoms with Gasteiger partial charge in [0.05, 0.1) is 19.3 Å². The zero-order chi connectivity index (χ0) is 14.5. The number of hydrogen-bond donors (Lipinski definition) is 1. The second kappa shape index (κ2) is 6.60. The van der Waals surface area contributed by atoms with Gasteiger partial charge in [-0.05, 0) is 24.7 Å². The van der Waals surface area contributed by atoms with E-state index in [9.17, 15) is 0 Å². The van der Waals surface area contributed by atoms with Crippen LogP contribution in [0.1, 0.15) is 17.4 Å². The van der Waals surface area contributed by atoms with E-state index in [4.69, 9.17) is 4.74 Å². The fraction of sp³-hybridized carbons (Fsp3) is 0.400. The van der Waals surface area contributed by atoms with Crippen molar-refractivity contribution >= 4 is 5.82 Å². The summed E-state index contributed by atoms with van der Waals surface area (Å²) in [6.07, 6.45) is 5.40. The highest BCUT2D eigenvalue weighted by Gasteiger charge is 2.23. The number of anilines is 1. The predicted octanol–water partition coefficient (Wildman–Crippen LogP) is 1.49. The zero-order valence-corrected chi connectivity index (χ0v) is 12.1. The van der Waals surface area contributed by atoms with E-state index < -0.39 is 0 Å². The maximum atomic E-state index is 5.53. The Kier molecular flexibility index (Phi) is 4.37. The van der Waals surface area contributed by atoms with Crippen LogP contribution in [0.15, 0.2) is 36.8 Å². The molecule has 2 aromatic heterocycles. The minimum atomic E-state index is 0.124. The van der Waals surface area contributed by atoms with Crippen molar-refractivity contribution in [3.8, 4) is 0 Å². The highest BCUT2D eigenvalue weighted by Crippen LogP contribution is 2.20. The summed E-state index contributed by atoms with van der Waals surface area (Å²) in [7, 11) is 2.08. The van der Waals surface area contributed by atoms with Crippen molar-refractivity contribution in [1.29, 1.82) is 0 Å². The highest BCUT2D eigenvalue weighted by atomic mass is 16.5. The Hall–Kier alpha value is -2.05. The van der Waals surface area contributed by atoms with Crippen molar-refractivity contribution in [2.45, 2.75) is 12.6 Å². The minimum absolute atomic E-state index is 0.124. The average Bonchev–Trinajstić information content (AvgIpc) is 2.55. The number of likely N-dealkylation sites (N-methyl/N-ethyl adjacent to an activating group) is 1. The molecule has 1 atom stereocenters. The Morgan fingerprint density at radius 3 is 3.14 bits per heavy atom. The fourth-order valence-corrected chi connectivity index (χ4v) is 2.29. The fourth-order valence-electron chi connectivity index (χ4n) is 2.29. The van der Waals surface area contributed by atoms with Gasteiger partial charge < -0.3 is 10.1 Å². The molecule has 0 aliphatic carbocycles. The normalized spacial score (nSPS) is 19.4. The molecular weight excluding hydrogens is 266 g/mol. The quantitative estimate of drug-likeness (QED) is 0.918. The van der Waals surface area contributed by atoms with Gasteiger partial charge in [-0.3, -0.25) is 9.88 Å². The number of aromatic nitrogens is 3. The molecule has 6 nitrogen and oxygen atoms in total. The lowest BCUT2D eigenvalue weighted by Crippen LogP contribution is -2.37. The number of morpholine rings is 1. The van der Waals surface area contributed by atoms with E-state index >= 15 is 0 Å². The Balaban J connectivity index is 1.68. The molecule has 6 heteroatoms. The van der Waals surface area contributed by atoms with Gasteiger partial charge in [0, 0.05) is 31.7 Å². The van der Waals surface area contributed by atoms with Crippen LogP contribution in [0.5, 0.6) is 0 Å². The average molecular weight is 285 g/mol. The van der Waals surface area contributed by atoms with Crippen LogP contribution >= 0.6 is 0 Å². The third-order valence-electron chi connectivity index (χ3n) is 3.56. The number of nitrogens with one attached hydrogen (secondary N) is 1. The van der Waals surface area contributed by atoms with Crippen LogP contribution in [0.25, 0.3) is 0 Å². The monoisotopic (exact) mass is 285 g/mol. The summed E-state index contributed by atoms with van der Waals surface area (Å²) in [5.74, 6) is 1.62. The van der Waals surface area contributed by atoms with Gasteiger partial charge in [0.2, 0.25) is 0 Å². The molecule has 1 saturated heterocycles. The standard InChI is InChI=1S/C15H19N5O/c1-20-7-8-21-11-13(20)15-17-6-4-14(19-15)18-10-12-3-2-5-16-9-12/h2-6,9,13H,7-8,10-11H2,1H3,(H,17,18,19)/t13-/m1/s1. The second-order valence-electron chi connectivity index (χ2n) is 5.09. The Labute approximate surface area is 124 Å². The Morgan fingerprint density at radius 2 is 2.33 bits per heavy atom. The molecule has 0 spiro atoms. The zero-order valence-electron chi connectivity index (χ0n) is 12.1. The van der Waals surface area contributed by atoms with Crippen LogP contribution in [-0.4, -0.2) is 46.7 Å². The van der Waals surface area contributed by atoms with Gasteiger partial charge in [-0.25, -0.2) is 9.97 Å². The van der Waals surface area contributed by atoms with Crippen LogP contribution in [0, 0.1) is 0 Å². The number of nitrogens with zero attached hydrogens (tertiary/aromatic N) is 4. The molecule has 0 saturated carbocycles. The van der Waals surface area contributed by atoms with Crippen LogP contribution in [-0.2, 0) is 11.3 Å². The molecule has 3 heterocycles. The number of rotatable bonds is 4. The van der Waals surface area contributed by atoms with Gasteiger partial charge in [-0.15, -0.1) is 0 Å². The van der Waals surface area contributed by atoms with Crippen molar-refractivity contribution in [2.75, 3.05) is 32.1 Å². The Bertz CT molecular complexity index is 577. The maximum absolute atomic E-state index is 5.53. The predicted molar refractivity (Wildman–Crippen MR) is 79.8 cm³/mol. The smallest absolute Gasteiger partial charge is 0.150 e. The van der Waals surface area contributed by atoms with E-state index in [1.807, 2.05) is 24.4 Å². The molecule has 0 bridgehead atoms. The first-order valence-electron chi connectivity index (χ1n) is 7.06. The molecule has 1 aliphatic rings. The molecule has 1 N–H and O–H groups in total. The SMILES string of the molecule is CN1CCOC[C@@H]1c1nccc(NCc2cccnc2)n1. The van der Waals surface area contributed by atoms with Crippen molar-refractivity contribution < 1.29 is 4.74 Å². The summed E-state index contributed by atoms with van der Waals surface area (Å²) in [6.45, 7) is 3.01. The minimum Gasteiger partial charge on any atom is -0.378 e. The highest BCUT2D eigenvalue weighted by molar-refractivity contribution is 5.34. The summed E-state index contributed by atoms with van der Waals surface area (Å²) in [5.41, 5.74) is 1.12.